The van der Waals surface area contributed by atoms with Gasteiger partial charge in [-0.3, -0.25) is 33.6 Å². The second-order valence-electron chi connectivity index (χ2n) is 23.6. The van der Waals surface area contributed by atoms with Crippen molar-refractivity contribution < 1.29 is 33.6 Å². The number of likely N-dealkylation sites (tertiary alicyclic amines) is 2. The number of hydrogen-bond donors (Lipinski definition) is 6. The molecule has 7 amide bonds. The molecule has 16 heteroatoms. The molecule has 0 radical (unpaired) electrons. The number of aryl methyl sites for hydroxylation is 1. The average Bonchev–Trinajstić information content (AvgIpc) is 3.86. The summed E-state index contributed by atoms with van der Waals surface area (Å²) in [4.78, 5) is 106. The summed E-state index contributed by atoms with van der Waals surface area (Å²) in [5.41, 5.74) is 4.24. The maximum absolute atomic E-state index is 15.2. The molecular formula is C59H83N9O7. The van der Waals surface area contributed by atoms with Crippen molar-refractivity contribution in [1.82, 2.24) is 46.6 Å². The van der Waals surface area contributed by atoms with Crippen LogP contribution in [0.5, 0.6) is 0 Å². The van der Waals surface area contributed by atoms with Crippen LogP contribution in [0.4, 0.5) is 0 Å². The quantitative estimate of drug-likeness (QED) is 0.116. The zero-order chi connectivity index (χ0) is 54.4. The molecule has 2 saturated heterocycles. The molecule has 0 unspecified atom stereocenters. The van der Waals surface area contributed by atoms with Crippen LogP contribution in [0, 0.1) is 10.8 Å². The molecule has 7 rings (SSSR count). The maximum atomic E-state index is 15.2. The third kappa shape index (κ3) is 13.5. The van der Waals surface area contributed by atoms with E-state index in [1.165, 1.54) is 5.56 Å². The number of fused-ring (bicyclic) bond motifs is 2. The molecule has 16 nitrogen and oxygen atoms in total. The minimum atomic E-state index is -0.998. The molecule has 0 saturated carbocycles. The van der Waals surface area contributed by atoms with Crippen LogP contribution >= 0.6 is 0 Å². The zero-order valence-corrected chi connectivity index (χ0v) is 46.0. The Hall–Kier alpha value is -6.13. The van der Waals surface area contributed by atoms with E-state index in [0.29, 0.717) is 13.1 Å². The Morgan fingerprint density at radius 1 is 0.627 bits per heavy atom. The summed E-state index contributed by atoms with van der Waals surface area (Å²) < 4.78 is 0. The Kier molecular flexibility index (Phi) is 18.3. The van der Waals surface area contributed by atoms with E-state index < -0.39 is 64.9 Å². The van der Waals surface area contributed by atoms with Gasteiger partial charge >= 0.3 is 0 Å². The number of amides is 7. The van der Waals surface area contributed by atoms with Gasteiger partial charge in [0.1, 0.15) is 30.2 Å². The average molecular weight is 1030 g/mol. The number of carbonyl (C=O) groups excluding carboxylic acids is 7. The molecule has 4 aliphatic rings. The molecule has 3 aromatic rings. The van der Waals surface area contributed by atoms with Crippen LogP contribution in [0.15, 0.2) is 72.8 Å². The molecule has 3 aliphatic heterocycles. The van der Waals surface area contributed by atoms with Gasteiger partial charge < -0.3 is 46.6 Å². The van der Waals surface area contributed by atoms with Gasteiger partial charge in [-0.15, -0.1) is 0 Å². The lowest BCUT2D eigenvalue weighted by molar-refractivity contribution is -0.147. The highest BCUT2D eigenvalue weighted by Crippen LogP contribution is 2.38. The number of hydrogen-bond acceptors (Lipinski definition) is 9. The van der Waals surface area contributed by atoms with Crippen molar-refractivity contribution in [2.45, 2.75) is 174 Å². The first-order chi connectivity index (χ1) is 35.6. The number of nitrogens with one attached hydrogen (secondary N) is 6. The molecule has 0 spiro atoms. The molecular weight excluding hydrogens is 947 g/mol. The summed E-state index contributed by atoms with van der Waals surface area (Å²) in [6.45, 7) is 16.2. The Morgan fingerprint density at radius 2 is 1.23 bits per heavy atom. The second-order valence-corrected chi connectivity index (χ2v) is 23.6. The molecule has 9 atom stereocenters. The van der Waals surface area contributed by atoms with E-state index in [4.69, 9.17) is 0 Å². The Bertz CT molecular complexity index is 2550. The molecule has 406 valence electrons. The minimum Gasteiger partial charge on any atom is -0.347 e. The highest BCUT2D eigenvalue weighted by atomic mass is 16.2. The summed E-state index contributed by atoms with van der Waals surface area (Å²) in [7, 11) is 3.36. The summed E-state index contributed by atoms with van der Waals surface area (Å²) >= 11 is 0. The lowest BCUT2D eigenvalue weighted by Crippen LogP contribution is -2.62. The predicted molar refractivity (Wildman–Crippen MR) is 290 cm³/mol. The van der Waals surface area contributed by atoms with Crippen molar-refractivity contribution in [2.75, 3.05) is 33.7 Å². The minimum absolute atomic E-state index is 0.0756. The lowest BCUT2D eigenvalue weighted by Gasteiger charge is -2.42. The van der Waals surface area contributed by atoms with E-state index in [-0.39, 0.29) is 73.8 Å². The number of piperidine rings is 1. The van der Waals surface area contributed by atoms with Crippen LogP contribution in [-0.4, -0.2) is 132 Å². The number of nitrogens with zero attached hydrogens (tertiary/aromatic N) is 3. The van der Waals surface area contributed by atoms with Gasteiger partial charge in [-0.1, -0.05) is 114 Å². The van der Waals surface area contributed by atoms with E-state index in [9.17, 15) is 19.2 Å². The van der Waals surface area contributed by atoms with Crippen LogP contribution in [-0.2, 0) is 59.4 Å². The highest BCUT2D eigenvalue weighted by Gasteiger charge is 2.48. The summed E-state index contributed by atoms with van der Waals surface area (Å²) in [6.07, 6.45) is 6.15. The monoisotopic (exact) mass is 1030 g/mol. The molecule has 1 aliphatic carbocycles. The van der Waals surface area contributed by atoms with Gasteiger partial charge in [-0.05, 0) is 117 Å². The fourth-order valence-electron chi connectivity index (χ4n) is 11.1. The van der Waals surface area contributed by atoms with Crippen molar-refractivity contribution in [2.24, 2.45) is 10.8 Å². The normalized spacial score (nSPS) is 21.8. The fourth-order valence-corrected chi connectivity index (χ4v) is 11.1. The smallest absolute Gasteiger partial charge is 0.246 e. The summed E-state index contributed by atoms with van der Waals surface area (Å²) in [5, 5.41) is 18.4. The Morgan fingerprint density at radius 3 is 1.84 bits per heavy atom. The third-order valence-corrected chi connectivity index (χ3v) is 16.0. The van der Waals surface area contributed by atoms with Gasteiger partial charge in [-0.25, -0.2) is 0 Å². The van der Waals surface area contributed by atoms with Crippen molar-refractivity contribution in [3.8, 4) is 0 Å². The topological polar surface area (TPSA) is 201 Å². The molecule has 6 N–H and O–H groups in total. The second kappa shape index (κ2) is 24.3. The first-order valence-electron chi connectivity index (χ1n) is 27.3. The van der Waals surface area contributed by atoms with Crippen LogP contribution in [0.3, 0.4) is 0 Å². The predicted octanol–water partition coefficient (Wildman–Crippen LogP) is 4.84. The number of carbonyl (C=O) groups is 7. The van der Waals surface area contributed by atoms with E-state index in [1.807, 2.05) is 107 Å². The van der Waals surface area contributed by atoms with Crippen LogP contribution in [0.2, 0.25) is 0 Å². The van der Waals surface area contributed by atoms with Gasteiger partial charge in [0, 0.05) is 44.9 Å². The first kappa shape index (κ1) is 56.6. The van der Waals surface area contributed by atoms with E-state index in [2.05, 4.69) is 44.0 Å². The van der Waals surface area contributed by atoms with Gasteiger partial charge in [-0.2, -0.15) is 0 Å². The van der Waals surface area contributed by atoms with Crippen LogP contribution in [0.1, 0.15) is 139 Å². The van der Waals surface area contributed by atoms with Crippen LogP contribution < -0.4 is 31.9 Å². The Labute approximate surface area is 444 Å². The largest absolute Gasteiger partial charge is 0.347 e. The summed E-state index contributed by atoms with van der Waals surface area (Å²) in [6, 6.07) is 17.7. The number of rotatable bonds is 16. The van der Waals surface area contributed by atoms with Crippen LogP contribution in [0.25, 0.3) is 0 Å². The van der Waals surface area contributed by atoms with E-state index >= 15 is 14.4 Å². The first-order valence-corrected chi connectivity index (χ1v) is 27.3. The van der Waals surface area contributed by atoms with Gasteiger partial charge in [0.25, 0.3) is 0 Å². The maximum Gasteiger partial charge on any atom is 0.246 e. The molecule has 2 fully saturated rings. The summed E-state index contributed by atoms with van der Waals surface area (Å²) in [5.74, 6) is -2.72. The van der Waals surface area contributed by atoms with Gasteiger partial charge in [0.05, 0.1) is 18.1 Å². The molecule has 0 bridgehead atoms. The lowest BCUT2D eigenvalue weighted by atomic mass is 9.83. The zero-order valence-electron chi connectivity index (χ0n) is 46.0. The SMILES string of the molecule is CN[C@@H](C)C(=O)N[C@H](C(=O)N1C[C@H](c2ccc3c(c2)CN(C(=O)[C@@H](NC(=O)[C@H](C)NC)C(C)(C)C)[C@H](C(=O)N[C@@H]2CCCc4ccccc42)C3)C[C@H]1C(=O)N[C@@H](Cc1ccccc1)C(=O)N1CCCCC1)C(C)(C)C. The molecule has 0 aromatic heterocycles. The Balaban J connectivity index is 1.24. The van der Waals surface area contributed by atoms with Crippen molar-refractivity contribution in [3.63, 3.8) is 0 Å². The van der Waals surface area contributed by atoms with Crippen molar-refractivity contribution in [3.05, 3.63) is 106 Å². The molecule has 3 aromatic carbocycles. The van der Waals surface area contributed by atoms with E-state index in [0.717, 1.165) is 66.3 Å². The molecule has 75 heavy (non-hydrogen) atoms. The fraction of sp³-hybridized carbons (Fsp3) is 0.576. The standard InChI is InChI=1S/C59H83N9O7/c1-36(60-9)51(69)64-49(58(3,4)5)56(74)67-34-42-31-40(26-27-41(42)32-47(67)53(71)62-45-25-19-23-39-22-15-16-24-44(39)45)43-33-48(68(35-43)57(75)50(59(6,7)8)65-52(70)37(2)61-10)54(72)63-46(30-38-20-13-11-14-21-38)55(73)66-28-17-12-18-29-66/h11,13-16,20-22,24,26-27,31,36-37,43,45-50,60-61H,12,17-19,23,25,28-30,32-35H2,1-10H3,(H,62,71)(H,63,72)(H,64,69)(H,65,70)/t36-,37-,43+,45+,46-,47-,48-,49+,50+/m0/s1. The van der Waals surface area contributed by atoms with E-state index in [1.54, 1.807) is 37.7 Å². The van der Waals surface area contributed by atoms with Gasteiger partial charge in [0.2, 0.25) is 41.4 Å². The van der Waals surface area contributed by atoms with Crippen molar-refractivity contribution in [1.29, 1.82) is 0 Å². The number of likely N-dealkylation sites (N-methyl/N-ethyl adjacent to an activating group) is 2. The van der Waals surface area contributed by atoms with Crippen molar-refractivity contribution >= 4 is 41.4 Å². The number of benzene rings is 3. The highest BCUT2D eigenvalue weighted by molar-refractivity contribution is 5.96. The molecule has 3 heterocycles. The third-order valence-electron chi connectivity index (χ3n) is 16.0. The van der Waals surface area contributed by atoms with Gasteiger partial charge in [0.15, 0.2) is 0 Å².